The number of oxime groups is 1. The zero-order valence-electron chi connectivity index (χ0n) is 44.6. The molecule has 0 aliphatic carbocycles. The average Bonchev–Trinajstić information content (AvgIpc) is 3.85. The van der Waals surface area contributed by atoms with E-state index in [-0.39, 0.29) is 56.1 Å². The van der Waals surface area contributed by atoms with E-state index in [0.717, 1.165) is 5.17 Å². The van der Waals surface area contributed by atoms with Crippen LogP contribution in [0.15, 0.2) is 47.4 Å². The van der Waals surface area contributed by atoms with Crippen LogP contribution in [-0.2, 0) is 57.1 Å². The summed E-state index contributed by atoms with van der Waals surface area (Å²) in [5.74, 6) is -7.86. The normalized spacial score (nSPS) is 41.6. The molecule has 19 atom stereocenters. The number of hydrogen-bond acceptors (Lipinski definition) is 20. The number of ether oxygens (including phenoxy) is 8. The lowest BCUT2D eigenvalue weighted by Gasteiger charge is -2.50. The predicted octanol–water partition coefficient (Wildman–Crippen LogP) is 4.03. The summed E-state index contributed by atoms with van der Waals surface area (Å²) in [6.07, 6.45) is -5.85. The number of esters is 2. The lowest BCUT2D eigenvalue weighted by molar-refractivity contribution is -0.319. The molecule has 0 bridgehead atoms. The molecule has 5 heterocycles. The molecule has 1 aromatic rings. The van der Waals surface area contributed by atoms with E-state index in [1.165, 1.54) is 19.3 Å². The summed E-state index contributed by atoms with van der Waals surface area (Å²) in [5, 5.41) is 40.4. The number of carbonyl (C=O) groups is 3. The molecule has 1 aromatic carbocycles. The van der Waals surface area contributed by atoms with Gasteiger partial charge in [-0.05, 0) is 87.0 Å². The first-order valence-corrected chi connectivity index (χ1v) is 25.3. The molecule has 21 heteroatoms. The Morgan fingerprint density at radius 1 is 0.931 bits per heavy atom. The Kier molecular flexibility index (Phi) is 18.4. The number of carbonyl (C=O) groups excluding carboxylic acids is 3. The third-order valence-corrected chi connectivity index (χ3v) is 16.1. The van der Waals surface area contributed by atoms with Crippen LogP contribution in [0.5, 0.6) is 0 Å². The van der Waals surface area contributed by atoms with Crippen molar-refractivity contribution >= 4 is 29.2 Å². The van der Waals surface area contributed by atoms with Gasteiger partial charge in [0, 0.05) is 63.0 Å². The first kappa shape index (κ1) is 57.1. The Morgan fingerprint density at radius 2 is 1.60 bits per heavy atom. The fourth-order valence-electron chi connectivity index (χ4n) is 11.7. The van der Waals surface area contributed by atoms with Crippen LogP contribution in [0.25, 0.3) is 0 Å². The lowest BCUT2D eigenvalue weighted by atomic mass is 9.67. The van der Waals surface area contributed by atoms with Crippen molar-refractivity contribution in [1.29, 1.82) is 0 Å². The fourth-order valence-corrected chi connectivity index (χ4v) is 11.7. The van der Waals surface area contributed by atoms with E-state index in [2.05, 4.69) is 10.6 Å². The standard InChI is InChI=1S/C51H82N6O15/c1-15-36-51(10)39(38(47(62)72-51)45(52)54-66-22-21-34-26-53-56(57(34)63)33-19-17-16-18-20-33)29(4)40(58)27(2)24-50(9,65-14)44(71-48-41(59)35(55(11)12)23-28(3)67-48)30(5)42(31(6)46(61)69-36)70-37-25-49(8,64-13)43(60)32(7)68-37/h16-20,26-32,35-39,41-44,48,53,59-60,63H,15,21-25H2,1-14H3,(H2,52,54)/t27-,28?,29-,30+,31-,32?,35?,36-,37?,38?,39?,41?,42+,43?,44-,48?,49?,50+,51+/m1/s1. The van der Waals surface area contributed by atoms with Crippen LogP contribution in [-0.4, -0.2) is 162 Å². The number of likely N-dealkylation sites (N-methyl/N-ethyl adjacent to an activating group) is 1. The van der Waals surface area contributed by atoms with Crippen molar-refractivity contribution in [3.05, 3.63) is 42.2 Å². The molecule has 10 unspecified atom stereocenters. The summed E-state index contributed by atoms with van der Waals surface area (Å²) in [4.78, 5) is 52.0. The van der Waals surface area contributed by atoms with Crippen molar-refractivity contribution in [2.75, 3.05) is 40.0 Å². The molecule has 0 saturated carbocycles. The van der Waals surface area contributed by atoms with Gasteiger partial charge in [-0.1, -0.05) is 51.0 Å². The molecular formula is C51H82N6O15. The first-order valence-electron chi connectivity index (χ1n) is 25.3. The number of methoxy groups -OCH3 is 2. The third kappa shape index (κ3) is 11.5. The minimum Gasteiger partial charge on any atom is -0.458 e. The van der Waals surface area contributed by atoms with Gasteiger partial charge in [-0.15, -0.1) is 5.17 Å². The van der Waals surface area contributed by atoms with Gasteiger partial charge in [-0.3, -0.25) is 25.0 Å². The Hall–Kier alpha value is -4.16. The number of aliphatic hydroxyl groups is 2. The Bertz CT molecular complexity index is 2090. The van der Waals surface area contributed by atoms with E-state index in [1.54, 1.807) is 54.7 Å². The van der Waals surface area contributed by atoms with Gasteiger partial charge in [-0.2, -0.15) is 5.12 Å². The monoisotopic (exact) mass is 1020 g/mol. The zero-order chi connectivity index (χ0) is 53.2. The number of rotatable bonds is 14. The number of amidine groups is 1. The molecule has 5 aliphatic heterocycles. The number of nitrogens with zero attached hydrogens (tertiary/aromatic N) is 4. The topological polar surface area (TPSA) is 255 Å². The molecule has 6 N–H and O–H groups in total. The summed E-state index contributed by atoms with van der Waals surface area (Å²) in [5.41, 5.74) is 6.79. The number of nitrogens with two attached hydrogens (primary N) is 1. The van der Waals surface area contributed by atoms with Crippen molar-refractivity contribution in [2.24, 2.45) is 46.4 Å². The van der Waals surface area contributed by atoms with Crippen molar-refractivity contribution in [2.45, 2.75) is 179 Å². The quantitative estimate of drug-likeness (QED) is 0.0580. The smallest absolute Gasteiger partial charge is 0.317 e. The van der Waals surface area contributed by atoms with E-state index in [0.29, 0.717) is 17.8 Å². The number of fused-ring (bicyclic) bond motifs is 1. The van der Waals surface area contributed by atoms with Crippen LogP contribution in [0.3, 0.4) is 0 Å². The molecule has 5 aliphatic rings. The minimum absolute atomic E-state index is 0.0511. The average molecular weight is 1020 g/mol. The van der Waals surface area contributed by atoms with Crippen LogP contribution >= 0.6 is 0 Å². The summed E-state index contributed by atoms with van der Waals surface area (Å²) in [6.45, 7) is 17.6. The molecule has 0 amide bonds. The molecule has 6 rings (SSSR count). The number of aliphatic hydroxyl groups excluding tert-OH is 2. The highest BCUT2D eigenvalue weighted by atomic mass is 16.7. The maximum atomic E-state index is 15.2. The largest absolute Gasteiger partial charge is 0.458 e. The van der Waals surface area contributed by atoms with Gasteiger partial charge in [0.15, 0.2) is 24.0 Å². The molecule has 72 heavy (non-hydrogen) atoms. The van der Waals surface area contributed by atoms with Gasteiger partial charge in [0.05, 0.1) is 52.9 Å². The molecule has 406 valence electrons. The highest BCUT2D eigenvalue weighted by Gasteiger charge is 2.63. The van der Waals surface area contributed by atoms with Crippen LogP contribution in [0, 0.1) is 35.5 Å². The first-order chi connectivity index (χ1) is 33.9. The number of cyclic esters (lactones) is 1. The van der Waals surface area contributed by atoms with Crippen molar-refractivity contribution in [3.63, 3.8) is 0 Å². The number of anilines is 1. The number of benzene rings is 1. The molecular weight excluding hydrogens is 937 g/mol. The number of ketones is 1. The van der Waals surface area contributed by atoms with Crippen LogP contribution in [0.4, 0.5) is 5.69 Å². The summed E-state index contributed by atoms with van der Waals surface area (Å²) in [6, 6.07) is 8.84. The third-order valence-electron chi connectivity index (χ3n) is 16.1. The highest BCUT2D eigenvalue weighted by Crippen LogP contribution is 2.49. The van der Waals surface area contributed by atoms with Crippen LogP contribution in [0.1, 0.15) is 101 Å². The zero-order valence-corrected chi connectivity index (χ0v) is 44.6. The maximum Gasteiger partial charge on any atom is 0.317 e. The van der Waals surface area contributed by atoms with Crippen molar-refractivity contribution in [1.82, 2.24) is 15.5 Å². The van der Waals surface area contributed by atoms with Gasteiger partial charge in [0.1, 0.15) is 36.6 Å². The van der Waals surface area contributed by atoms with Crippen molar-refractivity contribution < 1.29 is 72.5 Å². The van der Waals surface area contributed by atoms with Gasteiger partial charge in [0.25, 0.3) is 0 Å². The SMILES string of the molecule is CC[C@H]1OC(=O)[C@H](C)[C@@H](OC2CC(C)(OC)C(O)C(C)O2)[C@H](C)[C@@H](OC2OC(C)CC(N(C)C)C2O)[C@@](C)(OC)C[C@@H](C)C(=O)[C@H](C)C2C(/C(N)=N\OCCC3=CNN(c4ccccc4)N3O)C(=O)O[C@]21C. The number of nitrogens with one attached hydrogen (secondary N) is 1. The predicted molar refractivity (Wildman–Crippen MR) is 262 cm³/mol. The molecule has 0 radical (unpaired) electrons. The van der Waals surface area contributed by atoms with E-state index >= 15 is 4.79 Å². The van der Waals surface area contributed by atoms with E-state index in [4.69, 9.17) is 48.5 Å². The highest BCUT2D eigenvalue weighted by molar-refractivity contribution is 6.02. The van der Waals surface area contributed by atoms with Gasteiger partial charge in [-0.25, -0.2) is 0 Å². The Morgan fingerprint density at radius 3 is 2.22 bits per heavy atom. The second-order valence-electron chi connectivity index (χ2n) is 21.4. The molecule has 0 spiro atoms. The molecule has 4 fully saturated rings. The molecule has 4 saturated heterocycles. The molecule has 21 nitrogen and oxygen atoms in total. The number of hydrazine groups is 2. The summed E-state index contributed by atoms with van der Waals surface area (Å²) >= 11 is 0. The lowest BCUT2D eigenvalue weighted by Crippen LogP contribution is -2.61. The number of hydrogen-bond donors (Lipinski definition) is 5. The molecule has 0 aromatic heterocycles. The number of para-hydroxylation sites is 1. The number of hydroxylamine groups is 1. The van der Waals surface area contributed by atoms with Crippen LogP contribution < -0.4 is 16.3 Å². The summed E-state index contributed by atoms with van der Waals surface area (Å²) < 4.78 is 51.5. The van der Waals surface area contributed by atoms with Gasteiger partial charge < -0.3 is 63.6 Å². The Labute approximate surface area is 424 Å². The van der Waals surface area contributed by atoms with Gasteiger partial charge in [0.2, 0.25) is 0 Å². The van der Waals surface area contributed by atoms with E-state index < -0.39 is 113 Å². The minimum atomic E-state index is -1.60. The second kappa shape index (κ2) is 23.2. The van der Waals surface area contributed by atoms with Gasteiger partial charge >= 0.3 is 11.9 Å². The second-order valence-corrected chi connectivity index (χ2v) is 21.4. The fraction of sp³-hybridized carbons (Fsp3) is 0.765. The van der Waals surface area contributed by atoms with Crippen molar-refractivity contribution in [3.8, 4) is 0 Å². The van der Waals surface area contributed by atoms with E-state index in [9.17, 15) is 25.0 Å². The van der Waals surface area contributed by atoms with Crippen LogP contribution in [0.2, 0.25) is 0 Å². The Balaban J connectivity index is 1.37. The number of Topliss-reactive ketones (excluding diaryl/α,β-unsaturated/α-hetero) is 1. The maximum absolute atomic E-state index is 15.2. The summed E-state index contributed by atoms with van der Waals surface area (Å²) in [7, 11) is 6.76. The van der Waals surface area contributed by atoms with E-state index in [1.807, 2.05) is 70.1 Å².